The van der Waals surface area contributed by atoms with Crippen molar-refractivity contribution in [1.29, 1.82) is 0 Å². The minimum Gasteiger partial charge on any atom is -0.427 e. The molecule has 118 valence electrons. The summed E-state index contributed by atoms with van der Waals surface area (Å²) in [6, 6.07) is 6.59. The Balaban J connectivity index is 1.69. The van der Waals surface area contributed by atoms with Gasteiger partial charge in [0.1, 0.15) is 5.75 Å². The molecule has 0 N–H and O–H groups in total. The smallest absolute Gasteiger partial charge is 0.308 e. The topological polar surface area (TPSA) is 63.7 Å². The molecule has 1 saturated heterocycles. The number of ether oxygens (including phenoxy) is 1. The Hall–Kier alpha value is -2.43. The lowest BCUT2D eigenvalue weighted by Crippen LogP contribution is -2.38. The number of anilines is 1. The SMILES string of the molecule is CC(=O)Oc1cccc(N2C(=O)[C@@H]3[C@@H](C2=O)[C@@H]2C=C[C@@H]3CC2)c1. The third kappa shape index (κ3) is 2.11. The highest BCUT2D eigenvalue weighted by atomic mass is 16.5. The lowest BCUT2D eigenvalue weighted by molar-refractivity contribution is -0.132. The first-order valence-corrected chi connectivity index (χ1v) is 7.91. The van der Waals surface area contributed by atoms with E-state index in [1.54, 1.807) is 24.3 Å². The predicted molar refractivity (Wildman–Crippen MR) is 82.6 cm³/mol. The zero-order valence-electron chi connectivity index (χ0n) is 12.8. The molecule has 5 nitrogen and oxygen atoms in total. The summed E-state index contributed by atoms with van der Waals surface area (Å²) in [5, 5.41) is 0. The van der Waals surface area contributed by atoms with Gasteiger partial charge in [-0.25, -0.2) is 4.90 Å². The number of allylic oxidation sites excluding steroid dienone is 2. The van der Waals surface area contributed by atoms with Crippen molar-refractivity contribution in [3.8, 4) is 5.75 Å². The maximum Gasteiger partial charge on any atom is 0.308 e. The average Bonchev–Trinajstić information content (AvgIpc) is 2.82. The molecule has 2 bridgehead atoms. The first-order valence-electron chi connectivity index (χ1n) is 7.91. The third-order valence-corrected chi connectivity index (χ3v) is 5.10. The second-order valence-corrected chi connectivity index (χ2v) is 6.44. The van der Waals surface area contributed by atoms with Crippen molar-refractivity contribution in [2.24, 2.45) is 23.7 Å². The van der Waals surface area contributed by atoms with Gasteiger partial charge in [-0.1, -0.05) is 18.2 Å². The molecule has 0 spiro atoms. The van der Waals surface area contributed by atoms with Crippen molar-refractivity contribution < 1.29 is 19.1 Å². The molecule has 23 heavy (non-hydrogen) atoms. The minimum absolute atomic E-state index is 0.126. The van der Waals surface area contributed by atoms with Gasteiger partial charge in [-0.05, 0) is 36.8 Å². The summed E-state index contributed by atoms with van der Waals surface area (Å²) in [4.78, 5) is 38.0. The van der Waals surface area contributed by atoms with E-state index in [4.69, 9.17) is 4.74 Å². The molecule has 1 saturated carbocycles. The van der Waals surface area contributed by atoms with Gasteiger partial charge in [0, 0.05) is 13.0 Å². The van der Waals surface area contributed by atoms with Gasteiger partial charge in [0.2, 0.25) is 11.8 Å². The Kier molecular flexibility index (Phi) is 3.11. The number of fused-ring (bicyclic) bond motifs is 1. The molecule has 1 aromatic carbocycles. The molecule has 0 aromatic heterocycles. The first-order chi connectivity index (χ1) is 11.1. The fourth-order valence-corrected chi connectivity index (χ4v) is 4.18. The summed E-state index contributed by atoms with van der Waals surface area (Å²) in [6.45, 7) is 1.32. The summed E-state index contributed by atoms with van der Waals surface area (Å²) in [7, 11) is 0. The van der Waals surface area contributed by atoms with Crippen LogP contribution in [-0.2, 0) is 14.4 Å². The number of nitrogens with zero attached hydrogens (tertiary/aromatic N) is 1. The maximum absolute atomic E-state index is 12.8. The van der Waals surface area contributed by atoms with E-state index in [0.717, 1.165) is 12.8 Å². The third-order valence-electron chi connectivity index (χ3n) is 5.10. The van der Waals surface area contributed by atoms with Gasteiger partial charge >= 0.3 is 5.97 Å². The average molecular weight is 311 g/mol. The number of benzene rings is 1. The van der Waals surface area contributed by atoms with Gasteiger partial charge in [0.15, 0.2) is 0 Å². The van der Waals surface area contributed by atoms with Crippen LogP contribution in [0.15, 0.2) is 36.4 Å². The minimum atomic E-state index is -0.433. The highest BCUT2D eigenvalue weighted by Gasteiger charge is 2.56. The summed E-state index contributed by atoms with van der Waals surface area (Å²) in [5.74, 6) is -0.472. The van der Waals surface area contributed by atoms with Crippen LogP contribution in [0.2, 0.25) is 0 Å². The number of esters is 1. The summed E-state index contributed by atoms with van der Waals surface area (Å²) in [5.41, 5.74) is 0.479. The summed E-state index contributed by atoms with van der Waals surface area (Å²) in [6.07, 6.45) is 6.14. The molecule has 3 aliphatic carbocycles. The van der Waals surface area contributed by atoms with E-state index in [-0.39, 0.29) is 35.5 Å². The highest BCUT2D eigenvalue weighted by Crippen LogP contribution is 2.50. The van der Waals surface area contributed by atoms with Crippen LogP contribution in [0, 0.1) is 23.7 Å². The van der Waals surface area contributed by atoms with Crippen LogP contribution in [0.4, 0.5) is 5.69 Å². The molecule has 4 atom stereocenters. The Bertz CT molecular complexity index is 706. The van der Waals surface area contributed by atoms with E-state index in [0.29, 0.717) is 11.4 Å². The maximum atomic E-state index is 12.8. The molecule has 1 aromatic rings. The number of carbonyl (C=O) groups is 3. The molecule has 1 aliphatic heterocycles. The fourth-order valence-electron chi connectivity index (χ4n) is 4.18. The number of amides is 2. The number of hydrogen-bond acceptors (Lipinski definition) is 4. The molecular weight excluding hydrogens is 294 g/mol. The van der Waals surface area contributed by atoms with Crippen LogP contribution in [0.25, 0.3) is 0 Å². The summed E-state index contributed by atoms with van der Waals surface area (Å²) < 4.78 is 5.06. The lowest BCUT2D eigenvalue weighted by Gasteiger charge is -2.38. The second kappa shape index (κ2) is 5.05. The molecular formula is C18H17NO4. The molecule has 2 amide bonds. The summed E-state index contributed by atoms with van der Waals surface area (Å²) >= 11 is 0. The van der Waals surface area contributed by atoms with E-state index in [2.05, 4.69) is 12.2 Å². The predicted octanol–water partition coefficient (Wildman–Crippen LogP) is 2.31. The largest absolute Gasteiger partial charge is 0.427 e. The highest BCUT2D eigenvalue weighted by molar-refractivity contribution is 6.22. The van der Waals surface area contributed by atoms with Crippen LogP contribution < -0.4 is 9.64 Å². The Morgan fingerprint density at radius 1 is 1.09 bits per heavy atom. The number of hydrogen-bond donors (Lipinski definition) is 0. The van der Waals surface area contributed by atoms with Crippen molar-refractivity contribution in [2.45, 2.75) is 19.8 Å². The molecule has 0 radical (unpaired) electrons. The van der Waals surface area contributed by atoms with Crippen molar-refractivity contribution in [2.75, 3.05) is 4.90 Å². The monoisotopic (exact) mass is 311 g/mol. The standard InChI is InChI=1S/C18H17NO4/c1-10(20)23-14-4-2-3-13(9-14)19-17(21)15-11-5-6-12(8-7-11)16(15)18(19)22/h2-6,9,11-12,15-16H,7-8H2,1H3/t11-,12-,15+,16+/m1/s1. The quantitative estimate of drug-likeness (QED) is 0.364. The Labute approximate surface area is 133 Å². The Morgan fingerprint density at radius 2 is 1.70 bits per heavy atom. The van der Waals surface area contributed by atoms with E-state index >= 15 is 0 Å². The molecule has 1 heterocycles. The van der Waals surface area contributed by atoms with Crippen LogP contribution in [0.3, 0.4) is 0 Å². The molecule has 5 heteroatoms. The molecule has 2 fully saturated rings. The van der Waals surface area contributed by atoms with Gasteiger partial charge in [-0.15, -0.1) is 0 Å². The number of carbonyl (C=O) groups excluding carboxylic acids is 3. The zero-order chi connectivity index (χ0) is 16.1. The van der Waals surface area contributed by atoms with Gasteiger partial charge in [0.25, 0.3) is 0 Å². The van der Waals surface area contributed by atoms with Crippen LogP contribution >= 0.6 is 0 Å². The van der Waals surface area contributed by atoms with Gasteiger partial charge < -0.3 is 4.74 Å². The van der Waals surface area contributed by atoms with Gasteiger partial charge in [0.05, 0.1) is 17.5 Å². The van der Waals surface area contributed by atoms with Crippen molar-refractivity contribution >= 4 is 23.5 Å². The van der Waals surface area contributed by atoms with E-state index < -0.39 is 5.97 Å². The number of rotatable bonds is 2. The fraction of sp³-hybridized carbons (Fsp3) is 0.389. The van der Waals surface area contributed by atoms with Crippen LogP contribution in [-0.4, -0.2) is 17.8 Å². The van der Waals surface area contributed by atoms with Crippen LogP contribution in [0.5, 0.6) is 5.75 Å². The van der Waals surface area contributed by atoms with Gasteiger partial charge in [-0.2, -0.15) is 0 Å². The van der Waals surface area contributed by atoms with Crippen molar-refractivity contribution in [1.82, 2.24) is 0 Å². The van der Waals surface area contributed by atoms with E-state index in [9.17, 15) is 14.4 Å². The second-order valence-electron chi connectivity index (χ2n) is 6.44. The molecule has 4 aliphatic rings. The Morgan fingerprint density at radius 3 is 2.22 bits per heavy atom. The van der Waals surface area contributed by atoms with E-state index in [1.807, 2.05) is 0 Å². The van der Waals surface area contributed by atoms with Crippen LogP contribution in [0.1, 0.15) is 19.8 Å². The first kappa shape index (κ1) is 14.2. The normalized spacial score (nSPS) is 31.4. The number of imide groups is 1. The molecule has 0 unspecified atom stereocenters. The van der Waals surface area contributed by atoms with Crippen molar-refractivity contribution in [3.63, 3.8) is 0 Å². The van der Waals surface area contributed by atoms with Gasteiger partial charge in [-0.3, -0.25) is 14.4 Å². The van der Waals surface area contributed by atoms with E-state index in [1.165, 1.54) is 11.8 Å². The van der Waals surface area contributed by atoms with Crippen molar-refractivity contribution in [3.05, 3.63) is 36.4 Å². The zero-order valence-corrected chi connectivity index (χ0v) is 12.8. The molecule has 5 rings (SSSR count). The lowest BCUT2D eigenvalue weighted by atomic mass is 9.63.